The predicted molar refractivity (Wildman–Crippen MR) is 51.1 cm³/mol. The quantitative estimate of drug-likeness (QED) is 0.664. The molecule has 0 radical (unpaired) electrons. The van der Waals surface area contributed by atoms with Crippen LogP contribution in [-0.2, 0) is 4.74 Å². The van der Waals surface area contributed by atoms with E-state index >= 15 is 0 Å². The van der Waals surface area contributed by atoms with E-state index in [-0.39, 0.29) is 11.8 Å². The smallest absolute Gasteiger partial charge is 0.132 e. The second kappa shape index (κ2) is 4.66. The molecule has 70 valence electrons. The third-order valence-electron chi connectivity index (χ3n) is 1.97. The zero-order valence-corrected chi connectivity index (χ0v) is 8.03. The van der Waals surface area contributed by atoms with Gasteiger partial charge in [-0.05, 0) is 6.42 Å². The number of ether oxygens (including phenoxy) is 1. The molecule has 0 saturated heterocycles. The maximum atomic E-state index is 8.90. The molecular formula is C10H14N2O. The van der Waals surface area contributed by atoms with Crippen molar-refractivity contribution in [3.05, 3.63) is 12.0 Å². The zero-order chi connectivity index (χ0) is 9.68. The lowest BCUT2D eigenvalue weighted by atomic mass is 9.93. The van der Waals surface area contributed by atoms with Crippen molar-refractivity contribution >= 4 is 6.21 Å². The Labute approximate surface area is 78.7 Å². The molecule has 0 aromatic carbocycles. The third kappa shape index (κ3) is 2.32. The van der Waals surface area contributed by atoms with Crippen molar-refractivity contribution in [2.75, 3.05) is 6.61 Å². The van der Waals surface area contributed by atoms with Crippen molar-refractivity contribution in [1.29, 1.82) is 5.26 Å². The molecule has 0 saturated carbocycles. The van der Waals surface area contributed by atoms with E-state index in [4.69, 9.17) is 10.00 Å². The van der Waals surface area contributed by atoms with Crippen molar-refractivity contribution in [3.63, 3.8) is 0 Å². The van der Waals surface area contributed by atoms with Crippen molar-refractivity contribution < 1.29 is 4.74 Å². The fourth-order valence-electron chi connectivity index (χ4n) is 1.21. The topological polar surface area (TPSA) is 45.4 Å². The molecule has 0 spiro atoms. The molecule has 1 aliphatic heterocycles. The average molecular weight is 178 g/mol. The van der Waals surface area contributed by atoms with Crippen LogP contribution in [0.5, 0.6) is 0 Å². The van der Waals surface area contributed by atoms with Gasteiger partial charge in [-0.15, -0.1) is 0 Å². The summed E-state index contributed by atoms with van der Waals surface area (Å²) in [6.07, 6.45) is 4.38. The van der Waals surface area contributed by atoms with Crippen molar-refractivity contribution in [2.45, 2.75) is 20.3 Å². The molecule has 0 amide bonds. The van der Waals surface area contributed by atoms with Crippen LogP contribution in [0.3, 0.4) is 0 Å². The Kier molecular flexibility index (Phi) is 3.51. The van der Waals surface area contributed by atoms with Gasteiger partial charge in [-0.25, -0.2) is 0 Å². The molecule has 0 N–H and O–H groups in total. The van der Waals surface area contributed by atoms with Crippen molar-refractivity contribution in [2.24, 2.45) is 16.8 Å². The highest BCUT2D eigenvalue weighted by Crippen LogP contribution is 2.23. The molecule has 3 heteroatoms. The van der Waals surface area contributed by atoms with Gasteiger partial charge in [-0.3, -0.25) is 4.99 Å². The van der Waals surface area contributed by atoms with E-state index in [0.29, 0.717) is 12.4 Å². The molecule has 0 aliphatic carbocycles. The van der Waals surface area contributed by atoms with E-state index in [2.05, 4.69) is 11.1 Å². The van der Waals surface area contributed by atoms with E-state index in [0.717, 1.165) is 6.42 Å². The maximum Gasteiger partial charge on any atom is 0.132 e. The van der Waals surface area contributed by atoms with Gasteiger partial charge in [0.2, 0.25) is 0 Å². The summed E-state index contributed by atoms with van der Waals surface area (Å²) in [4.78, 5) is 4.03. The molecule has 1 heterocycles. The molecule has 0 fully saturated rings. The Morgan fingerprint density at radius 3 is 3.08 bits per heavy atom. The highest BCUT2D eigenvalue weighted by Gasteiger charge is 2.23. The van der Waals surface area contributed by atoms with Crippen LogP contribution in [0.15, 0.2) is 17.0 Å². The summed E-state index contributed by atoms with van der Waals surface area (Å²) in [6.45, 7) is 4.67. The largest absolute Gasteiger partial charge is 0.495 e. The SMILES string of the molecule is CCCOC1=CN=CC(C)C1C#N. The summed E-state index contributed by atoms with van der Waals surface area (Å²) in [6, 6.07) is 2.23. The summed E-state index contributed by atoms with van der Waals surface area (Å²) in [5, 5.41) is 8.90. The van der Waals surface area contributed by atoms with Crippen LogP contribution in [0.2, 0.25) is 0 Å². The molecule has 1 rings (SSSR count). The Bertz CT molecular complexity index is 263. The van der Waals surface area contributed by atoms with E-state index in [9.17, 15) is 0 Å². The van der Waals surface area contributed by atoms with Crippen LogP contribution < -0.4 is 0 Å². The molecular weight excluding hydrogens is 164 g/mol. The van der Waals surface area contributed by atoms with Crippen molar-refractivity contribution in [3.8, 4) is 6.07 Å². The van der Waals surface area contributed by atoms with E-state index in [1.807, 2.05) is 13.8 Å². The van der Waals surface area contributed by atoms with Gasteiger partial charge in [0, 0.05) is 12.1 Å². The molecule has 13 heavy (non-hydrogen) atoms. The lowest BCUT2D eigenvalue weighted by Crippen LogP contribution is -2.18. The minimum Gasteiger partial charge on any atom is -0.495 e. The lowest BCUT2D eigenvalue weighted by molar-refractivity contribution is 0.180. The fourth-order valence-corrected chi connectivity index (χ4v) is 1.21. The van der Waals surface area contributed by atoms with E-state index in [1.54, 1.807) is 12.4 Å². The number of allylic oxidation sites excluding steroid dienone is 1. The van der Waals surface area contributed by atoms with Crippen LogP contribution in [0.1, 0.15) is 20.3 Å². The molecule has 2 unspecified atom stereocenters. The first kappa shape index (κ1) is 9.79. The van der Waals surface area contributed by atoms with Crippen molar-refractivity contribution in [1.82, 2.24) is 0 Å². The van der Waals surface area contributed by atoms with Crippen LogP contribution in [-0.4, -0.2) is 12.8 Å². The van der Waals surface area contributed by atoms with Crippen LogP contribution >= 0.6 is 0 Å². The molecule has 0 aromatic heterocycles. The minimum atomic E-state index is -0.163. The van der Waals surface area contributed by atoms with Gasteiger partial charge in [0.15, 0.2) is 0 Å². The van der Waals surface area contributed by atoms with Crippen LogP contribution in [0.4, 0.5) is 0 Å². The molecule has 2 atom stereocenters. The Hall–Kier alpha value is -1.30. The third-order valence-corrected chi connectivity index (χ3v) is 1.97. The normalized spacial score (nSPS) is 26.4. The van der Waals surface area contributed by atoms with Gasteiger partial charge < -0.3 is 4.74 Å². The zero-order valence-electron chi connectivity index (χ0n) is 8.03. The first-order chi connectivity index (χ1) is 6.29. The highest BCUT2D eigenvalue weighted by molar-refractivity contribution is 5.64. The van der Waals surface area contributed by atoms with E-state index in [1.165, 1.54) is 0 Å². The first-order valence-corrected chi connectivity index (χ1v) is 4.55. The summed E-state index contributed by atoms with van der Waals surface area (Å²) >= 11 is 0. The second-order valence-electron chi connectivity index (χ2n) is 3.14. The van der Waals surface area contributed by atoms with Gasteiger partial charge >= 0.3 is 0 Å². The second-order valence-corrected chi connectivity index (χ2v) is 3.14. The monoisotopic (exact) mass is 178 g/mol. The number of aliphatic imine (C=N–C) groups is 1. The molecule has 0 aromatic rings. The predicted octanol–water partition coefficient (Wildman–Crippen LogP) is 2.11. The van der Waals surface area contributed by atoms with Crippen LogP contribution in [0, 0.1) is 23.2 Å². The number of nitrogens with zero attached hydrogens (tertiary/aromatic N) is 2. The highest BCUT2D eigenvalue weighted by atomic mass is 16.5. The Morgan fingerprint density at radius 1 is 1.69 bits per heavy atom. The number of rotatable bonds is 3. The molecule has 3 nitrogen and oxygen atoms in total. The van der Waals surface area contributed by atoms with Gasteiger partial charge in [0.25, 0.3) is 0 Å². The Balaban J connectivity index is 2.64. The van der Waals surface area contributed by atoms with E-state index < -0.39 is 0 Å². The number of hydrogen-bond donors (Lipinski definition) is 0. The first-order valence-electron chi connectivity index (χ1n) is 4.55. The van der Waals surface area contributed by atoms with Gasteiger partial charge in [0.05, 0.1) is 18.9 Å². The molecule has 1 aliphatic rings. The summed E-state index contributed by atoms with van der Waals surface area (Å²) in [7, 11) is 0. The van der Waals surface area contributed by atoms with Gasteiger partial charge in [-0.1, -0.05) is 13.8 Å². The van der Waals surface area contributed by atoms with Crippen LogP contribution in [0.25, 0.3) is 0 Å². The van der Waals surface area contributed by atoms with Gasteiger partial charge in [-0.2, -0.15) is 5.26 Å². The standard InChI is InChI=1S/C10H14N2O/c1-3-4-13-10-7-12-6-8(2)9(10)5-11/h6-9H,3-4H2,1-2H3. The lowest BCUT2D eigenvalue weighted by Gasteiger charge is -2.20. The minimum absolute atomic E-state index is 0.154. The van der Waals surface area contributed by atoms with Gasteiger partial charge in [0.1, 0.15) is 11.7 Å². The maximum absolute atomic E-state index is 8.90. The number of hydrogen-bond acceptors (Lipinski definition) is 3. The number of nitriles is 1. The molecule has 0 bridgehead atoms. The Morgan fingerprint density at radius 2 is 2.46 bits per heavy atom. The fraction of sp³-hybridized carbons (Fsp3) is 0.600. The summed E-state index contributed by atoms with van der Waals surface area (Å²) < 4.78 is 5.43. The summed E-state index contributed by atoms with van der Waals surface area (Å²) in [5.41, 5.74) is 0. The summed E-state index contributed by atoms with van der Waals surface area (Å²) in [5.74, 6) is 0.699. The average Bonchev–Trinajstić information content (AvgIpc) is 2.15.